The summed E-state index contributed by atoms with van der Waals surface area (Å²) in [6, 6.07) is 0. The summed E-state index contributed by atoms with van der Waals surface area (Å²) in [6.07, 6.45) is 1.43. The van der Waals surface area contributed by atoms with Gasteiger partial charge in [0.2, 0.25) is 0 Å². The Hall–Kier alpha value is -1.43. The highest BCUT2D eigenvalue weighted by Gasteiger charge is 2.27. The lowest BCUT2D eigenvalue weighted by molar-refractivity contribution is -0.0588. The molecular weight excluding hydrogens is 198 g/mol. The molecule has 0 radical (unpaired) electrons. The van der Waals surface area contributed by atoms with Gasteiger partial charge >= 0.3 is 0 Å². The van der Waals surface area contributed by atoms with Crippen molar-refractivity contribution in [2.24, 2.45) is 0 Å². The Balaban J connectivity index is 2.07. The summed E-state index contributed by atoms with van der Waals surface area (Å²) in [5.74, 6) is -0.154. The monoisotopic (exact) mass is 211 g/mol. The van der Waals surface area contributed by atoms with E-state index in [1.807, 2.05) is 13.8 Å². The molecule has 2 heterocycles. The highest BCUT2D eigenvalue weighted by atomic mass is 16.6. The number of carbonyl (C=O) groups is 1. The Kier molecular flexibility index (Phi) is 2.68. The Labute approximate surface area is 87.2 Å². The van der Waals surface area contributed by atoms with Crippen molar-refractivity contribution in [3.63, 3.8) is 0 Å². The third kappa shape index (κ3) is 2.15. The average Bonchev–Trinajstić information content (AvgIpc) is 2.67. The maximum Gasteiger partial charge on any atom is 0.277 e. The van der Waals surface area contributed by atoms with Gasteiger partial charge in [-0.15, -0.1) is 0 Å². The van der Waals surface area contributed by atoms with Crippen LogP contribution in [0.3, 0.4) is 0 Å². The normalized spacial score (nSPS) is 26.7. The second-order valence-electron chi connectivity index (χ2n) is 3.76. The smallest absolute Gasteiger partial charge is 0.277 e. The van der Waals surface area contributed by atoms with Gasteiger partial charge in [-0.3, -0.25) is 4.79 Å². The number of aromatic nitrogens is 2. The van der Waals surface area contributed by atoms with Crippen LogP contribution in [0.5, 0.6) is 0 Å². The topological polar surface area (TPSA) is 68.5 Å². The molecule has 15 heavy (non-hydrogen) atoms. The summed E-state index contributed by atoms with van der Waals surface area (Å²) in [7, 11) is 0. The molecule has 2 atom stereocenters. The number of ether oxygens (including phenoxy) is 1. The maximum absolute atomic E-state index is 11.9. The van der Waals surface area contributed by atoms with Crippen LogP contribution < -0.4 is 0 Å². The minimum absolute atomic E-state index is 0.0533. The summed E-state index contributed by atoms with van der Waals surface area (Å²) >= 11 is 0. The molecule has 0 saturated carbocycles. The van der Waals surface area contributed by atoms with Crippen molar-refractivity contribution in [1.82, 2.24) is 15.2 Å². The minimum Gasteiger partial charge on any atom is -0.372 e. The molecule has 0 aliphatic carbocycles. The lowest BCUT2D eigenvalue weighted by Gasteiger charge is -2.34. The van der Waals surface area contributed by atoms with Gasteiger partial charge in [0.05, 0.1) is 12.2 Å². The molecule has 1 saturated heterocycles. The SMILES string of the molecule is CC1CN(C(=O)c2cnon2)CC(C)O1. The third-order valence-electron chi connectivity index (χ3n) is 2.29. The van der Waals surface area contributed by atoms with E-state index in [1.165, 1.54) is 6.20 Å². The number of carbonyl (C=O) groups excluding carboxylic acids is 1. The molecule has 1 aliphatic heterocycles. The zero-order valence-corrected chi connectivity index (χ0v) is 8.71. The Morgan fingerprint density at radius 3 is 2.67 bits per heavy atom. The van der Waals surface area contributed by atoms with E-state index in [0.29, 0.717) is 13.1 Å². The van der Waals surface area contributed by atoms with Gasteiger partial charge in [0.25, 0.3) is 5.91 Å². The summed E-state index contributed by atoms with van der Waals surface area (Å²) in [4.78, 5) is 13.6. The van der Waals surface area contributed by atoms with Crippen LogP contribution >= 0.6 is 0 Å². The van der Waals surface area contributed by atoms with E-state index in [4.69, 9.17) is 4.74 Å². The second-order valence-corrected chi connectivity index (χ2v) is 3.76. The predicted octanol–water partition coefficient (Wildman–Crippen LogP) is 0.319. The largest absolute Gasteiger partial charge is 0.372 e. The van der Waals surface area contributed by atoms with Crippen LogP contribution in [-0.2, 0) is 4.74 Å². The number of morpholine rings is 1. The van der Waals surface area contributed by atoms with Gasteiger partial charge < -0.3 is 9.64 Å². The number of amides is 1. The third-order valence-corrected chi connectivity index (χ3v) is 2.29. The molecule has 2 unspecified atom stereocenters. The van der Waals surface area contributed by atoms with Gasteiger partial charge in [-0.2, -0.15) is 0 Å². The van der Waals surface area contributed by atoms with Crippen molar-refractivity contribution in [2.75, 3.05) is 13.1 Å². The first-order valence-corrected chi connectivity index (χ1v) is 4.89. The van der Waals surface area contributed by atoms with E-state index in [-0.39, 0.29) is 23.8 Å². The molecule has 2 rings (SSSR count). The summed E-state index contributed by atoms with van der Waals surface area (Å²) in [5, 5.41) is 6.93. The molecular formula is C9H13N3O3. The summed E-state index contributed by atoms with van der Waals surface area (Å²) in [6.45, 7) is 5.04. The number of hydrogen-bond donors (Lipinski definition) is 0. The fourth-order valence-electron chi connectivity index (χ4n) is 1.76. The average molecular weight is 211 g/mol. The van der Waals surface area contributed by atoms with Gasteiger partial charge in [0, 0.05) is 13.1 Å². The first kappa shape index (κ1) is 10.1. The van der Waals surface area contributed by atoms with Crippen LogP contribution in [0, 0.1) is 0 Å². The Morgan fingerprint density at radius 1 is 1.47 bits per heavy atom. The molecule has 0 aromatic carbocycles. The maximum atomic E-state index is 11.9. The predicted molar refractivity (Wildman–Crippen MR) is 50.2 cm³/mol. The standard InChI is InChI=1S/C9H13N3O3/c1-6-4-12(5-7(2)14-6)9(13)8-3-10-15-11-8/h3,6-7H,4-5H2,1-2H3. The molecule has 1 aromatic heterocycles. The van der Waals surface area contributed by atoms with Gasteiger partial charge in [-0.05, 0) is 19.0 Å². The van der Waals surface area contributed by atoms with Gasteiger partial charge in [-0.25, -0.2) is 4.63 Å². The van der Waals surface area contributed by atoms with E-state index < -0.39 is 0 Å². The molecule has 0 spiro atoms. The van der Waals surface area contributed by atoms with Crippen molar-refractivity contribution >= 4 is 5.91 Å². The van der Waals surface area contributed by atoms with Crippen LogP contribution in [0.15, 0.2) is 10.8 Å². The second kappa shape index (κ2) is 3.98. The van der Waals surface area contributed by atoms with Crippen LogP contribution in [0.1, 0.15) is 24.3 Å². The fraction of sp³-hybridized carbons (Fsp3) is 0.667. The van der Waals surface area contributed by atoms with Crippen molar-refractivity contribution < 1.29 is 14.2 Å². The van der Waals surface area contributed by atoms with Crippen LogP contribution in [0.2, 0.25) is 0 Å². The molecule has 1 aliphatic rings. The van der Waals surface area contributed by atoms with Crippen molar-refractivity contribution in [3.05, 3.63) is 11.9 Å². The van der Waals surface area contributed by atoms with E-state index in [9.17, 15) is 4.79 Å². The van der Waals surface area contributed by atoms with Crippen molar-refractivity contribution in [1.29, 1.82) is 0 Å². The molecule has 0 N–H and O–H groups in total. The highest BCUT2D eigenvalue weighted by Crippen LogP contribution is 2.12. The zero-order valence-electron chi connectivity index (χ0n) is 8.71. The van der Waals surface area contributed by atoms with E-state index in [0.717, 1.165) is 0 Å². The quantitative estimate of drug-likeness (QED) is 0.669. The van der Waals surface area contributed by atoms with Crippen LogP contribution in [0.4, 0.5) is 0 Å². The molecule has 6 nitrogen and oxygen atoms in total. The fourth-order valence-corrected chi connectivity index (χ4v) is 1.76. The summed E-state index contributed by atoms with van der Waals surface area (Å²) < 4.78 is 9.93. The minimum atomic E-state index is -0.154. The van der Waals surface area contributed by atoms with E-state index >= 15 is 0 Å². The van der Waals surface area contributed by atoms with Crippen LogP contribution in [-0.4, -0.2) is 46.4 Å². The van der Waals surface area contributed by atoms with Gasteiger partial charge in [-0.1, -0.05) is 5.16 Å². The lowest BCUT2D eigenvalue weighted by atomic mass is 10.2. The Morgan fingerprint density at radius 2 is 2.13 bits per heavy atom. The molecule has 6 heteroatoms. The molecule has 82 valence electrons. The lowest BCUT2D eigenvalue weighted by Crippen LogP contribution is -2.48. The first-order chi connectivity index (χ1) is 7.16. The Bertz CT molecular complexity index is 328. The van der Waals surface area contributed by atoms with Gasteiger partial charge in [0.15, 0.2) is 5.69 Å². The van der Waals surface area contributed by atoms with E-state index in [1.54, 1.807) is 4.90 Å². The van der Waals surface area contributed by atoms with Gasteiger partial charge in [0.1, 0.15) is 6.20 Å². The number of hydrogen-bond acceptors (Lipinski definition) is 5. The molecule has 1 aromatic rings. The van der Waals surface area contributed by atoms with Crippen molar-refractivity contribution in [2.45, 2.75) is 26.1 Å². The molecule has 1 amide bonds. The zero-order chi connectivity index (χ0) is 10.8. The van der Waals surface area contributed by atoms with Crippen LogP contribution in [0.25, 0.3) is 0 Å². The van der Waals surface area contributed by atoms with E-state index in [2.05, 4.69) is 14.9 Å². The molecule has 1 fully saturated rings. The number of nitrogens with zero attached hydrogens (tertiary/aromatic N) is 3. The first-order valence-electron chi connectivity index (χ1n) is 4.89. The summed E-state index contributed by atoms with van der Waals surface area (Å²) in [5.41, 5.74) is 0.247. The highest BCUT2D eigenvalue weighted by molar-refractivity contribution is 5.91. The molecule has 0 bridgehead atoms. The van der Waals surface area contributed by atoms with Crippen molar-refractivity contribution in [3.8, 4) is 0 Å². The number of rotatable bonds is 1.